The maximum absolute atomic E-state index is 11.8. The molecule has 0 N–H and O–H groups in total. The summed E-state index contributed by atoms with van der Waals surface area (Å²) in [6.07, 6.45) is 5.50. The second-order valence-corrected chi connectivity index (χ2v) is 6.38. The third-order valence-electron chi connectivity index (χ3n) is 4.26. The van der Waals surface area contributed by atoms with Crippen LogP contribution in [0, 0.1) is 0 Å². The molecule has 1 aliphatic carbocycles. The van der Waals surface area contributed by atoms with Crippen LogP contribution in [0.15, 0.2) is 36.7 Å². The zero-order chi connectivity index (χ0) is 18.7. The number of rotatable bonds is 3. The molecule has 0 amide bonds. The van der Waals surface area contributed by atoms with Crippen molar-refractivity contribution in [2.24, 2.45) is 0 Å². The molecule has 1 aliphatic rings. The van der Waals surface area contributed by atoms with Gasteiger partial charge < -0.3 is 9.47 Å². The summed E-state index contributed by atoms with van der Waals surface area (Å²) in [4.78, 5) is 27.6. The molecular weight excluding hydrogens is 354 g/mol. The predicted octanol–water partition coefficient (Wildman–Crippen LogP) is 4.29. The number of pyridine rings is 1. The van der Waals surface area contributed by atoms with Gasteiger partial charge in [0.25, 0.3) is 0 Å². The molecule has 0 aliphatic heterocycles. The molecule has 26 heavy (non-hydrogen) atoms. The number of benzene rings is 1. The second kappa shape index (κ2) is 7.70. The number of allylic oxidation sites excluding steroid dienone is 1. The number of aromatic nitrogens is 1. The topological polar surface area (TPSA) is 65.5 Å². The van der Waals surface area contributed by atoms with Gasteiger partial charge in [-0.25, -0.2) is 4.79 Å². The molecule has 6 heteroatoms. The number of ether oxygens (including phenoxy) is 2. The molecule has 0 bridgehead atoms. The molecule has 5 nitrogen and oxygen atoms in total. The van der Waals surface area contributed by atoms with Gasteiger partial charge in [-0.15, -0.1) is 0 Å². The maximum Gasteiger partial charge on any atom is 0.337 e. The van der Waals surface area contributed by atoms with Gasteiger partial charge in [0.05, 0.1) is 17.7 Å². The summed E-state index contributed by atoms with van der Waals surface area (Å²) >= 11 is 6.33. The highest BCUT2D eigenvalue weighted by Gasteiger charge is 2.23. The fraction of sp³-hybridized carbons (Fsp3) is 0.250. The zero-order valence-electron chi connectivity index (χ0n) is 14.5. The lowest BCUT2D eigenvalue weighted by atomic mass is 9.98. The van der Waals surface area contributed by atoms with Crippen LogP contribution < -0.4 is 0 Å². The molecule has 0 radical (unpaired) electrons. The normalized spacial score (nSPS) is 13.7. The largest absolute Gasteiger partial charge is 0.465 e. The minimum Gasteiger partial charge on any atom is -0.465 e. The van der Waals surface area contributed by atoms with E-state index in [2.05, 4.69) is 4.98 Å². The van der Waals surface area contributed by atoms with E-state index in [1.54, 1.807) is 30.6 Å². The predicted molar refractivity (Wildman–Crippen MR) is 98.5 cm³/mol. The Balaban J connectivity index is 2.20. The third-order valence-corrected chi connectivity index (χ3v) is 4.56. The van der Waals surface area contributed by atoms with Crippen LogP contribution in [0.2, 0.25) is 5.02 Å². The van der Waals surface area contributed by atoms with Crippen LogP contribution in [0.3, 0.4) is 0 Å². The fourth-order valence-corrected chi connectivity index (χ4v) is 3.37. The van der Waals surface area contributed by atoms with E-state index in [1.807, 2.05) is 6.07 Å². The van der Waals surface area contributed by atoms with E-state index in [-0.39, 0.29) is 0 Å². The lowest BCUT2D eigenvalue weighted by molar-refractivity contribution is -0.134. The molecule has 0 spiro atoms. The first kappa shape index (κ1) is 18.1. The van der Waals surface area contributed by atoms with Gasteiger partial charge in [-0.2, -0.15) is 0 Å². The smallest absolute Gasteiger partial charge is 0.337 e. The van der Waals surface area contributed by atoms with Crippen molar-refractivity contribution in [3.63, 3.8) is 0 Å². The Labute approximate surface area is 156 Å². The van der Waals surface area contributed by atoms with Crippen molar-refractivity contribution in [3.8, 4) is 0 Å². The minimum atomic E-state index is -0.410. The lowest BCUT2D eigenvalue weighted by Gasteiger charge is -2.16. The van der Waals surface area contributed by atoms with E-state index in [0.29, 0.717) is 22.8 Å². The number of nitrogens with zero attached hydrogens (tertiary/aromatic N) is 1. The van der Waals surface area contributed by atoms with Crippen molar-refractivity contribution in [3.05, 3.63) is 63.9 Å². The summed E-state index contributed by atoms with van der Waals surface area (Å²) in [5.41, 5.74) is 3.84. The van der Waals surface area contributed by atoms with Gasteiger partial charge in [-0.05, 0) is 43.0 Å². The van der Waals surface area contributed by atoms with E-state index < -0.39 is 11.9 Å². The molecule has 1 aromatic carbocycles. The second-order valence-electron chi connectivity index (χ2n) is 5.97. The summed E-state index contributed by atoms with van der Waals surface area (Å²) < 4.78 is 10.4. The van der Waals surface area contributed by atoms with Crippen LogP contribution in [0.1, 0.15) is 46.8 Å². The number of aryl methyl sites for hydroxylation is 1. The van der Waals surface area contributed by atoms with Gasteiger partial charge in [0.1, 0.15) is 5.76 Å². The highest BCUT2D eigenvalue weighted by molar-refractivity contribution is 6.32. The van der Waals surface area contributed by atoms with Crippen molar-refractivity contribution in [2.45, 2.75) is 26.2 Å². The fourth-order valence-electron chi connectivity index (χ4n) is 3.14. The first-order valence-corrected chi connectivity index (χ1v) is 8.62. The maximum atomic E-state index is 11.8. The van der Waals surface area contributed by atoms with Gasteiger partial charge in [-0.3, -0.25) is 9.78 Å². The van der Waals surface area contributed by atoms with Gasteiger partial charge in [0, 0.05) is 36.0 Å². The average Bonchev–Trinajstić information content (AvgIpc) is 2.80. The van der Waals surface area contributed by atoms with E-state index in [4.69, 9.17) is 21.1 Å². The van der Waals surface area contributed by atoms with E-state index in [9.17, 15) is 9.59 Å². The van der Waals surface area contributed by atoms with E-state index in [0.717, 1.165) is 35.1 Å². The van der Waals surface area contributed by atoms with E-state index in [1.165, 1.54) is 14.0 Å². The summed E-state index contributed by atoms with van der Waals surface area (Å²) in [5, 5.41) is 0.502. The summed E-state index contributed by atoms with van der Waals surface area (Å²) in [6, 6.07) is 7.07. The molecule has 1 aromatic heterocycles. The van der Waals surface area contributed by atoms with Crippen molar-refractivity contribution in [1.29, 1.82) is 0 Å². The number of esters is 2. The lowest BCUT2D eigenvalue weighted by Crippen LogP contribution is -2.06. The van der Waals surface area contributed by atoms with Crippen LogP contribution in [-0.2, 0) is 20.7 Å². The molecule has 0 fully saturated rings. The molecule has 0 atom stereocenters. The highest BCUT2D eigenvalue weighted by Crippen LogP contribution is 2.39. The Morgan fingerprint density at radius 2 is 1.96 bits per heavy atom. The Bertz CT molecular complexity index is 904. The number of hydrogen-bond acceptors (Lipinski definition) is 5. The van der Waals surface area contributed by atoms with Crippen molar-refractivity contribution in [1.82, 2.24) is 4.98 Å². The Morgan fingerprint density at radius 1 is 1.15 bits per heavy atom. The summed E-state index contributed by atoms with van der Waals surface area (Å²) in [7, 11) is 1.35. The molecule has 0 unspecified atom stereocenters. The summed E-state index contributed by atoms with van der Waals surface area (Å²) in [5.74, 6) is -0.324. The Kier molecular flexibility index (Phi) is 5.38. The number of methoxy groups -OCH3 is 1. The molecular formula is C20H18ClNO4. The molecule has 2 aromatic rings. The van der Waals surface area contributed by atoms with Gasteiger partial charge >= 0.3 is 11.9 Å². The number of fused-ring (bicyclic) bond motifs is 1. The molecule has 3 rings (SSSR count). The van der Waals surface area contributed by atoms with Crippen LogP contribution in [0.4, 0.5) is 0 Å². The first-order valence-electron chi connectivity index (χ1n) is 8.24. The number of carbonyl (C=O) groups is 2. The minimum absolute atomic E-state index is 0.396. The number of halogens is 1. The molecule has 0 saturated carbocycles. The van der Waals surface area contributed by atoms with Crippen molar-refractivity contribution in [2.75, 3.05) is 7.11 Å². The number of carbonyl (C=O) groups excluding carboxylic acids is 2. The van der Waals surface area contributed by atoms with E-state index >= 15 is 0 Å². The monoisotopic (exact) mass is 371 g/mol. The molecule has 0 saturated heterocycles. The Morgan fingerprint density at radius 3 is 2.65 bits per heavy atom. The van der Waals surface area contributed by atoms with Gasteiger partial charge in [-0.1, -0.05) is 17.7 Å². The average molecular weight is 372 g/mol. The van der Waals surface area contributed by atoms with Crippen molar-refractivity contribution >= 4 is 34.9 Å². The highest BCUT2D eigenvalue weighted by atomic mass is 35.5. The third kappa shape index (κ3) is 3.63. The standard InChI is InChI=1S/C20H18ClNO4/c1-12(23)26-19-15-7-6-14(20(24)25-2)10-13(15)4-3-5-17(19)16-8-9-22-11-18(16)21/h6-11H,3-5H2,1-2H3. The number of hydrogen-bond donors (Lipinski definition) is 0. The van der Waals surface area contributed by atoms with Crippen molar-refractivity contribution < 1.29 is 19.1 Å². The van der Waals surface area contributed by atoms with Crippen LogP contribution >= 0.6 is 11.6 Å². The Hall–Kier alpha value is -2.66. The van der Waals surface area contributed by atoms with Crippen LogP contribution in [0.25, 0.3) is 11.3 Å². The first-order chi connectivity index (χ1) is 12.5. The molecule has 134 valence electrons. The SMILES string of the molecule is COC(=O)c1ccc2c(c1)CCCC(c1ccncc1Cl)=C2OC(C)=O. The summed E-state index contributed by atoms with van der Waals surface area (Å²) in [6.45, 7) is 1.37. The van der Waals surface area contributed by atoms with Crippen LogP contribution in [-0.4, -0.2) is 24.0 Å². The molecule has 1 heterocycles. The van der Waals surface area contributed by atoms with Crippen LogP contribution in [0.5, 0.6) is 0 Å². The zero-order valence-corrected chi connectivity index (χ0v) is 15.3. The van der Waals surface area contributed by atoms with Gasteiger partial charge in [0.15, 0.2) is 0 Å². The van der Waals surface area contributed by atoms with Gasteiger partial charge in [0.2, 0.25) is 0 Å². The quantitative estimate of drug-likeness (QED) is 0.753.